The van der Waals surface area contributed by atoms with Crippen molar-refractivity contribution in [3.8, 4) is 5.75 Å². The maximum absolute atomic E-state index is 12.8. The van der Waals surface area contributed by atoms with Crippen LogP contribution >= 0.6 is 0 Å². The van der Waals surface area contributed by atoms with Gasteiger partial charge in [0.15, 0.2) is 11.6 Å². The van der Waals surface area contributed by atoms with Gasteiger partial charge in [-0.1, -0.05) is 13.0 Å². The van der Waals surface area contributed by atoms with Crippen LogP contribution in [0.25, 0.3) is 0 Å². The highest BCUT2D eigenvalue weighted by molar-refractivity contribution is 5.72. The minimum atomic E-state index is -0.873. The Morgan fingerprint density at radius 1 is 1.38 bits per heavy atom. The molecule has 0 bridgehead atoms. The fourth-order valence-corrected chi connectivity index (χ4v) is 0.766. The highest BCUT2D eigenvalue weighted by atomic mass is 19.1. The summed E-state index contributed by atoms with van der Waals surface area (Å²) in [7, 11) is 0. The van der Waals surface area contributed by atoms with Crippen LogP contribution in [0.15, 0.2) is 18.2 Å². The van der Waals surface area contributed by atoms with Crippen molar-refractivity contribution >= 4 is 5.97 Å². The molecular formula is C9H8F2O2. The number of hydrogen-bond acceptors (Lipinski definition) is 2. The lowest BCUT2D eigenvalue weighted by Crippen LogP contribution is -2.08. The van der Waals surface area contributed by atoms with E-state index in [9.17, 15) is 13.6 Å². The van der Waals surface area contributed by atoms with Gasteiger partial charge in [-0.2, -0.15) is 0 Å². The van der Waals surface area contributed by atoms with Crippen LogP contribution in [0.3, 0.4) is 0 Å². The molecule has 0 aliphatic heterocycles. The second kappa shape index (κ2) is 3.98. The highest BCUT2D eigenvalue weighted by Crippen LogP contribution is 2.20. The molecule has 4 heteroatoms. The van der Waals surface area contributed by atoms with Gasteiger partial charge < -0.3 is 4.74 Å². The monoisotopic (exact) mass is 186 g/mol. The van der Waals surface area contributed by atoms with Crippen molar-refractivity contribution in [3.05, 3.63) is 29.8 Å². The number of esters is 1. The van der Waals surface area contributed by atoms with Crippen LogP contribution in [0.2, 0.25) is 0 Å². The summed E-state index contributed by atoms with van der Waals surface area (Å²) in [5.41, 5.74) is 0. The number of halogens is 2. The van der Waals surface area contributed by atoms with E-state index in [1.165, 1.54) is 6.07 Å². The molecule has 0 amide bonds. The fourth-order valence-electron chi connectivity index (χ4n) is 0.766. The first-order chi connectivity index (χ1) is 6.15. The average Bonchev–Trinajstić information content (AvgIpc) is 2.11. The van der Waals surface area contributed by atoms with E-state index >= 15 is 0 Å². The molecule has 1 aromatic rings. The van der Waals surface area contributed by atoms with Gasteiger partial charge in [-0.05, 0) is 12.1 Å². The van der Waals surface area contributed by atoms with E-state index in [1.54, 1.807) is 6.92 Å². The van der Waals surface area contributed by atoms with Crippen LogP contribution < -0.4 is 4.74 Å². The average molecular weight is 186 g/mol. The van der Waals surface area contributed by atoms with Gasteiger partial charge in [0, 0.05) is 6.42 Å². The molecule has 1 rings (SSSR count). The Labute approximate surface area is 74.1 Å². The van der Waals surface area contributed by atoms with E-state index in [2.05, 4.69) is 4.74 Å². The molecule has 0 aliphatic rings. The van der Waals surface area contributed by atoms with Gasteiger partial charge >= 0.3 is 5.97 Å². The largest absolute Gasteiger partial charge is 0.420 e. The smallest absolute Gasteiger partial charge is 0.311 e. The molecule has 70 valence electrons. The molecule has 0 heterocycles. The Morgan fingerprint density at radius 3 is 2.38 bits per heavy atom. The number of benzene rings is 1. The summed E-state index contributed by atoms with van der Waals surface area (Å²) in [5, 5.41) is 0. The third-order valence-electron chi connectivity index (χ3n) is 1.42. The van der Waals surface area contributed by atoms with Gasteiger partial charge in [0.25, 0.3) is 0 Å². The summed E-state index contributed by atoms with van der Waals surface area (Å²) in [6.07, 6.45) is 0.0772. The molecule has 0 fully saturated rings. The van der Waals surface area contributed by atoms with Gasteiger partial charge in [-0.3, -0.25) is 4.79 Å². The van der Waals surface area contributed by atoms with Crippen molar-refractivity contribution < 1.29 is 18.3 Å². The maximum Gasteiger partial charge on any atom is 0.311 e. The minimum absolute atomic E-state index is 0.0772. The molecule has 0 spiro atoms. The van der Waals surface area contributed by atoms with Crippen molar-refractivity contribution in [1.29, 1.82) is 0 Å². The number of rotatable bonds is 2. The first-order valence-electron chi connectivity index (χ1n) is 3.80. The molecule has 0 radical (unpaired) electrons. The number of hydrogen-bond donors (Lipinski definition) is 0. The summed E-state index contributed by atoms with van der Waals surface area (Å²) in [5.74, 6) is -3.04. The summed E-state index contributed by atoms with van der Waals surface area (Å²) in [4.78, 5) is 10.7. The quantitative estimate of drug-likeness (QED) is 0.523. The van der Waals surface area contributed by atoms with E-state index in [-0.39, 0.29) is 6.42 Å². The molecule has 0 aliphatic carbocycles. The van der Waals surface area contributed by atoms with Gasteiger partial charge in [-0.25, -0.2) is 8.78 Å². The third kappa shape index (κ3) is 2.24. The summed E-state index contributed by atoms with van der Waals surface area (Å²) in [6, 6.07) is 3.26. The zero-order valence-electron chi connectivity index (χ0n) is 7.01. The lowest BCUT2D eigenvalue weighted by Gasteiger charge is -2.03. The number of ether oxygens (including phenoxy) is 1. The second-order valence-corrected chi connectivity index (χ2v) is 2.38. The van der Waals surface area contributed by atoms with Gasteiger partial charge in [0.2, 0.25) is 5.75 Å². The molecule has 0 aromatic heterocycles. The van der Waals surface area contributed by atoms with Crippen LogP contribution in [-0.4, -0.2) is 5.97 Å². The van der Waals surface area contributed by atoms with Gasteiger partial charge in [0.1, 0.15) is 0 Å². The van der Waals surface area contributed by atoms with Gasteiger partial charge in [-0.15, -0.1) is 0 Å². The van der Waals surface area contributed by atoms with E-state index in [4.69, 9.17) is 0 Å². The van der Waals surface area contributed by atoms with Crippen molar-refractivity contribution in [2.45, 2.75) is 13.3 Å². The van der Waals surface area contributed by atoms with Crippen LogP contribution in [0.4, 0.5) is 8.78 Å². The van der Waals surface area contributed by atoms with Crippen molar-refractivity contribution in [2.75, 3.05) is 0 Å². The number of para-hydroxylation sites is 1. The molecule has 0 N–H and O–H groups in total. The van der Waals surface area contributed by atoms with Crippen LogP contribution in [0, 0.1) is 11.6 Å². The first kappa shape index (κ1) is 9.64. The summed E-state index contributed by atoms with van der Waals surface area (Å²) in [6.45, 7) is 1.54. The molecule has 0 unspecified atom stereocenters. The van der Waals surface area contributed by atoms with Crippen LogP contribution in [-0.2, 0) is 4.79 Å². The highest BCUT2D eigenvalue weighted by Gasteiger charge is 2.12. The fraction of sp³-hybridized carbons (Fsp3) is 0.222. The normalized spacial score (nSPS) is 9.77. The predicted octanol–water partition coefficient (Wildman–Crippen LogP) is 2.28. The van der Waals surface area contributed by atoms with Crippen LogP contribution in [0.5, 0.6) is 5.75 Å². The first-order valence-corrected chi connectivity index (χ1v) is 3.80. The van der Waals surface area contributed by atoms with E-state index in [0.29, 0.717) is 0 Å². The SMILES string of the molecule is CCC(=O)Oc1c(F)cccc1F. The zero-order chi connectivity index (χ0) is 9.84. The Kier molecular flexibility index (Phi) is 2.95. The standard InChI is InChI=1S/C9H8F2O2/c1-2-8(12)13-9-6(10)4-3-5-7(9)11/h3-5H,2H2,1H3. The Hall–Kier alpha value is -1.45. The lowest BCUT2D eigenvalue weighted by molar-refractivity contribution is -0.134. The Balaban J connectivity index is 2.93. The topological polar surface area (TPSA) is 26.3 Å². The second-order valence-electron chi connectivity index (χ2n) is 2.38. The predicted molar refractivity (Wildman–Crippen MR) is 42.3 cm³/mol. The Morgan fingerprint density at radius 2 is 1.92 bits per heavy atom. The molecule has 1 aromatic carbocycles. The van der Waals surface area contributed by atoms with Crippen LogP contribution in [0.1, 0.15) is 13.3 Å². The maximum atomic E-state index is 12.8. The zero-order valence-corrected chi connectivity index (χ0v) is 7.01. The van der Waals surface area contributed by atoms with E-state index < -0.39 is 23.4 Å². The molecule has 0 atom stereocenters. The van der Waals surface area contributed by atoms with E-state index in [1.807, 2.05) is 0 Å². The molecule has 2 nitrogen and oxygen atoms in total. The van der Waals surface area contributed by atoms with Gasteiger partial charge in [0.05, 0.1) is 0 Å². The number of carbonyl (C=O) groups is 1. The number of carbonyl (C=O) groups excluding carboxylic acids is 1. The third-order valence-corrected chi connectivity index (χ3v) is 1.42. The molecule has 0 saturated heterocycles. The molecular weight excluding hydrogens is 178 g/mol. The Bertz CT molecular complexity index is 303. The van der Waals surface area contributed by atoms with Crippen molar-refractivity contribution in [2.24, 2.45) is 0 Å². The molecule has 13 heavy (non-hydrogen) atoms. The van der Waals surface area contributed by atoms with Crippen molar-refractivity contribution in [3.63, 3.8) is 0 Å². The molecule has 0 saturated carbocycles. The minimum Gasteiger partial charge on any atom is -0.420 e. The van der Waals surface area contributed by atoms with Crippen molar-refractivity contribution in [1.82, 2.24) is 0 Å². The summed E-state index contributed by atoms with van der Waals surface area (Å²) < 4.78 is 30.1. The van der Waals surface area contributed by atoms with E-state index in [0.717, 1.165) is 12.1 Å². The summed E-state index contributed by atoms with van der Waals surface area (Å²) >= 11 is 0. The lowest BCUT2D eigenvalue weighted by atomic mass is 10.3.